The van der Waals surface area contributed by atoms with Crippen molar-refractivity contribution in [3.63, 3.8) is 0 Å². The maximum atomic E-state index is 12.9. The van der Waals surface area contributed by atoms with Crippen molar-refractivity contribution < 1.29 is 28.6 Å². The molecule has 0 aromatic heterocycles. The minimum atomic E-state index is -0.787. The molecule has 0 spiro atoms. The van der Waals surface area contributed by atoms with Crippen molar-refractivity contribution in [2.75, 3.05) is 13.2 Å². The first kappa shape index (κ1) is 78.1. The quantitative estimate of drug-likeness (QED) is 0.0261. The number of hydrogen-bond acceptors (Lipinski definition) is 6. The van der Waals surface area contributed by atoms with Crippen LogP contribution in [-0.2, 0) is 28.6 Å². The van der Waals surface area contributed by atoms with E-state index in [1.54, 1.807) is 0 Å². The summed E-state index contributed by atoms with van der Waals surface area (Å²) in [6.45, 7) is 6.51. The average molecular weight is 1140 g/mol. The van der Waals surface area contributed by atoms with Gasteiger partial charge < -0.3 is 14.2 Å². The van der Waals surface area contributed by atoms with Gasteiger partial charge in [0.1, 0.15) is 13.2 Å². The van der Waals surface area contributed by atoms with Gasteiger partial charge in [0.25, 0.3) is 0 Å². The van der Waals surface area contributed by atoms with E-state index in [-0.39, 0.29) is 31.1 Å². The monoisotopic (exact) mass is 1140 g/mol. The van der Waals surface area contributed by atoms with Crippen LogP contribution in [0.15, 0.2) is 109 Å². The first-order valence-corrected chi connectivity index (χ1v) is 34.9. The smallest absolute Gasteiger partial charge is 0.306 e. The topological polar surface area (TPSA) is 78.9 Å². The van der Waals surface area contributed by atoms with E-state index in [0.717, 1.165) is 116 Å². The number of carbonyl (C=O) groups excluding carboxylic acids is 3. The van der Waals surface area contributed by atoms with Gasteiger partial charge in [-0.25, -0.2) is 0 Å². The van der Waals surface area contributed by atoms with Gasteiger partial charge in [-0.2, -0.15) is 0 Å². The molecule has 0 rings (SSSR count). The lowest BCUT2D eigenvalue weighted by Crippen LogP contribution is -2.30. The van der Waals surface area contributed by atoms with Crippen LogP contribution in [0.2, 0.25) is 0 Å². The maximum absolute atomic E-state index is 12.9. The molecule has 0 saturated carbocycles. The zero-order valence-electron chi connectivity index (χ0n) is 54.0. The van der Waals surface area contributed by atoms with E-state index in [9.17, 15) is 14.4 Å². The molecule has 82 heavy (non-hydrogen) atoms. The van der Waals surface area contributed by atoms with Crippen LogP contribution in [0, 0.1) is 0 Å². The number of allylic oxidation sites excluding steroid dienone is 18. The second-order valence-corrected chi connectivity index (χ2v) is 23.1. The highest BCUT2D eigenvalue weighted by Crippen LogP contribution is 2.17. The molecular formula is C76H130O6. The highest BCUT2D eigenvalue weighted by atomic mass is 16.6. The van der Waals surface area contributed by atoms with Crippen LogP contribution >= 0.6 is 0 Å². The Hall–Kier alpha value is -3.93. The van der Waals surface area contributed by atoms with Crippen LogP contribution < -0.4 is 0 Å². The number of ether oxygens (including phenoxy) is 3. The Morgan fingerprint density at radius 3 is 0.756 bits per heavy atom. The number of carbonyl (C=O) groups is 3. The molecule has 0 aliphatic carbocycles. The Labute approximate surface area is 508 Å². The Kier molecular flexibility index (Phi) is 66.2. The van der Waals surface area contributed by atoms with Gasteiger partial charge in [-0.15, -0.1) is 0 Å². The van der Waals surface area contributed by atoms with Crippen molar-refractivity contribution in [2.24, 2.45) is 0 Å². The van der Waals surface area contributed by atoms with Crippen molar-refractivity contribution in [1.29, 1.82) is 0 Å². The lowest BCUT2D eigenvalue weighted by molar-refractivity contribution is -0.167. The lowest BCUT2D eigenvalue weighted by atomic mass is 10.0. The second-order valence-electron chi connectivity index (χ2n) is 23.1. The summed E-state index contributed by atoms with van der Waals surface area (Å²) in [6.07, 6.45) is 95.4. The highest BCUT2D eigenvalue weighted by molar-refractivity contribution is 5.71. The Morgan fingerprint density at radius 2 is 0.476 bits per heavy atom. The van der Waals surface area contributed by atoms with Crippen LogP contribution in [0.4, 0.5) is 0 Å². The van der Waals surface area contributed by atoms with Gasteiger partial charge in [0, 0.05) is 19.3 Å². The summed E-state index contributed by atoms with van der Waals surface area (Å²) in [5.41, 5.74) is 0. The zero-order valence-corrected chi connectivity index (χ0v) is 54.0. The number of esters is 3. The Morgan fingerprint density at radius 1 is 0.256 bits per heavy atom. The zero-order chi connectivity index (χ0) is 59.2. The van der Waals surface area contributed by atoms with Crippen LogP contribution in [0.1, 0.15) is 335 Å². The molecule has 0 aromatic carbocycles. The third-order valence-corrected chi connectivity index (χ3v) is 15.0. The van der Waals surface area contributed by atoms with Crippen LogP contribution in [-0.4, -0.2) is 37.2 Å². The predicted octanol–water partition coefficient (Wildman–Crippen LogP) is 24.2. The summed E-state index contributed by atoms with van der Waals surface area (Å²) in [5.74, 6) is -0.887. The molecule has 0 heterocycles. The first-order valence-electron chi connectivity index (χ1n) is 34.9. The lowest BCUT2D eigenvalue weighted by Gasteiger charge is -2.18. The molecule has 0 fully saturated rings. The fourth-order valence-electron chi connectivity index (χ4n) is 9.77. The van der Waals surface area contributed by atoms with Crippen molar-refractivity contribution in [3.05, 3.63) is 109 Å². The van der Waals surface area contributed by atoms with Crippen molar-refractivity contribution >= 4 is 17.9 Å². The van der Waals surface area contributed by atoms with Crippen LogP contribution in [0.25, 0.3) is 0 Å². The van der Waals surface area contributed by atoms with Gasteiger partial charge in [-0.05, 0) is 128 Å². The molecule has 1 unspecified atom stereocenters. The summed E-state index contributed by atoms with van der Waals surface area (Å²) in [6, 6.07) is 0. The molecule has 0 saturated heterocycles. The van der Waals surface area contributed by atoms with Gasteiger partial charge in [0.05, 0.1) is 0 Å². The number of unbranched alkanes of at least 4 members (excludes halogenated alkanes) is 34. The summed E-state index contributed by atoms with van der Waals surface area (Å²) in [4.78, 5) is 38.4. The second kappa shape index (κ2) is 69.6. The summed E-state index contributed by atoms with van der Waals surface area (Å²) < 4.78 is 16.9. The van der Waals surface area contributed by atoms with E-state index >= 15 is 0 Å². The predicted molar refractivity (Wildman–Crippen MR) is 357 cm³/mol. The van der Waals surface area contributed by atoms with Crippen molar-refractivity contribution in [3.8, 4) is 0 Å². The van der Waals surface area contributed by atoms with Gasteiger partial charge in [0.2, 0.25) is 0 Å². The molecule has 0 radical (unpaired) electrons. The van der Waals surface area contributed by atoms with Crippen molar-refractivity contribution in [2.45, 2.75) is 341 Å². The molecule has 470 valence electrons. The fraction of sp³-hybridized carbons (Fsp3) is 0.724. The number of hydrogen-bond donors (Lipinski definition) is 0. The molecule has 6 heteroatoms. The van der Waals surface area contributed by atoms with Crippen LogP contribution in [0.3, 0.4) is 0 Å². The van der Waals surface area contributed by atoms with E-state index in [2.05, 4.69) is 130 Å². The minimum absolute atomic E-state index is 0.0822. The first-order chi connectivity index (χ1) is 40.5. The van der Waals surface area contributed by atoms with Gasteiger partial charge in [-0.1, -0.05) is 297 Å². The van der Waals surface area contributed by atoms with Crippen LogP contribution in [0.5, 0.6) is 0 Å². The fourth-order valence-corrected chi connectivity index (χ4v) is 9.77. The highest BCUT2D eigenvalue weighted by Gasteiger charge is 2.19. The van der Waals surface area contributed by atoms with E-state index in [1.165, 1.54) is 180 Å². The maximum Gasteiger partial charge on any atom is 0.306 e. The average Bonchev–Trinajstić information content (AvgIpc) is 3.47. The van der Waals surface area contributed by atoms with Crippen molar-refractivity contribution in [1.82, 2.24) is 0 Å². The molecule has 0 aromatic rings. The normalized spacial score (nSPS) is 12.8. The van der Waals surface area contributed by atoms with E-state index in [0.29, 0.717) is 19.3 Å². The molecule has 0 bridgehead atoms. The number of rotatable bonds is 63. The van der Waals surface area contributed by atoms with Gasteiger partial charge >= 0.3 is 17.9 Å². The third-order valence-electron chi connectivity index (χ3n) is 15.0. The van der Waals surface area contributed by atoms with E-state index in [4.69, 9.17) is 14.2 Å². The van der Waals surface area contributed by atoms with E-state index in [1.807, 2.05) is 0 Å². The largest absolute Gasteiger partial charge is 0.462 e. The van der Waals surface area contributed by atoms with Gasteiger partial charge in [-0.3, -0.25) is 14.4 Å². The SMILES string of the molecule is CC/C=C\C/C=C\C/C=C\C/C=C\C/C=C\C/C=C\CCCCCCCCCCCCCCCCC(=O)OCC(COC(=O)CCCCCCC/C=C\CCCCCC)OC(=O)CCCCCCCCC/C=C\C/C=C\CCCCCC. The molecule has 0 N–H and O–H groups in total. The molecule has 0 amide bonds. The van der Waals surface area contributed by atoms with Gasteiger partial charge in [0.15, 0.2) is 6.10 Å². The standard InChI is InChI=1S/C76H130O6/c1-4-7-10-13-16-19-22-25-27-29-31-32-33-34-35-36-37-38-39-40-41-42-43-44-45-47-48-51-54-57-60-63-66-69-75(78)81-72-73(71-80-74(77)68-65-62-59-56-53-50-24-21-18-15-12-9-6-3)82-76(79)70-67-64-61-58-55-52-49-46-30-28-26-23-20-17-14-11-8-5-2/h7,10,16,19-21,23-25,27-28,30-32,34-35,37-38,73H,4-6,8-9,11-15,17-18,22,26,29,33,36,39-72H2,1-3H3/b10-7-,19-16-,23-20-,24-21-,27-25-,30-28-,32-31-,35-34-,38-37-. The Bertz CT molecular complexity index is 1640. The molecule has 1 atom stereocenters. The summed E-state index contributed by atoms with van der Waals surface area (Å²) in [5, 5.41) is 0. The molecule has 0 aliphatic rings. The molecule has 6 nitrogen and oxygen atoms in total. The summed E-state index contributed by atoms with van der Waals surface area (Å²) >= 11 is 0. The summed E-state index contributed by atoms with van der Waals surface area (Å²) in [7, 11) is 0. The third kappa shape index (κ3) is 66.9. The Balaban J connectivity index is 4.22. The minimum Gasteiger partial charge on any atom is -0.462 e. The molecular weight excluding hydrogens is 1010 g/mol. The molecule has 0 aliphatic heterocycles. The van der Waals surface area contributed by atoms with E-state index < -0.39 is 6.10 Å².